The van der Waals surface area contributed by atoms with Gasteiger partial charge in [-0.2, -0.15) is 0 Å². The predicted octanol–water partition coefficient (Wildman–Crippen LogP) is 14.9. The van der Waals surface area contributed by atoms with Crippen LogP contribution in [0.1, 0.15) is 0 Å². The first kappa shape index (κ1) is 38.2. The standard InChI is InChI=1S/C61H35N5Se2/c1-2-12-36(13-3-1)37-22-23-39-33-42(27-24-38(39)32-37)65-50-18-8-4-14-43(50)46-28-29-52-57(58(46)65)47-17-5-9-19-51(47)66(52)61-63-59(40-25-30-55-48(34-40)44-15-6-10-20-53(44)67-55)62-60(64-61)41-26-31-56-49(35-41)45-16-7-11-21-54(45)68-56/h1-35H. The summed E-state index contributed by atoms with van der Waals surface area (Å²) in [4.78, 5) is 16.3. The van der Waals surface area contributed by atoms with Crippen LogP contribution in [0.3, 0.4) is 0 Å². The van der Waals surface area contributed by atoms with Gasteiger partial charge in [0.2, 0.25) is 0 Å². The van der Waals surface area contributed by atoms with Crippen LogP contribution in [-0.2, 0) is 0 Å². The van der Waals surface area contributed by atoms with Crippen LogP contribution in [0.2, 0.25) is 0 Å². The summed E-state index contributed by atoms with van der Waals surface area (Å²) in [6.45, 7) is 0. The molecule has 0 aliphatic carbocycles. The Kier molecular flexibility index (Phi) is 8.33. The van der Waals surface area contributed by atoms with Gasteiger partial charge in [0.15, 0.2) is 0 Å². The molecule has 0 bridgehead atoms. The number of nitrogens with zero attached hydrogens (tertiary/aromatic N) is 5. The topological polar surface area (TPSA) is 48.5 Å². The van der Waals surface area contributed by atoms with Crippen LogP contribution < -0.4 is 0 Å². The average Bonchev–Trinajstić information content (AvgIpc) is 4.16. The Labute approximate surface area is 401 Å². The van der Waals surface area contributed by atoms with E-state index >= 15 is 0 Å². The quantitative estimate of drug-likeness (QED) is 0.161. The first-order valence-corrected chi connectivity index (χ1v) is 26.3. The van der Waals surface area contributed by atoms with Crippen molar-refractivity contribution in [1.29, 1.82) is 0 Å². The average molecular weight is 996 g/mol. The molecule has 0 spiro atoms. The summed E-state index contributed by atoms with van der Waals surface area (Å²) < 4.78 is 10.3. The molecule has 0 amide bonds. The normalized spacial score (nSPS) is 12.1. The van der Waals surface area contributed by atoms with Crippen molar-refractivity contribution < 1.29 is 0 Å². The van der Waals surface area contributed by atoms with E-state index < -0.39 is 0 Å². The predicted molar refractivity (Wildman–Crippen MR) is 286 cm³/mol. The number of aromatic nitrogens is 5. The molecule has 15 aromatic rings. The fourth-order valence-corrected chi connectivity index (χ4v) is 15.2. The Balaban J connectivity index is 0.991. The van der Waals surface area contributed by atoms with E-state index in [0.717, 1.165) is 49.7 Å². The molecule has 0 unspecified atom stereocenters. The van der Waals surface area contributed by atoms with Gasteiger partial charge in [-0.3, -0.25) is 0 Å². The van der Waals surface area contributed by atoms with Crippen molar-refractivity contribution in [2.24, 2.45) is 0 Å². The summed E-state index contributed by atoms with van der Waals surface area (Å²) >= 11 is 0.523. The molecular formula is C61H35N5Se2. The largest absolute Gasteiger partial charge is 0.0617 e. The van der Waals surface area contributed by atoms with Gasteiger partial charge in [0.25, 0.3) is 0 Å². The minimum atomic E-state index is 0.262. The molecule has 5 nitrogen and oxygen atoms in total. The fraction of sp³-hybridized carbons (Fsp3) is 0. The van der Waals surface area contributed by atoms with Crippen molar-refractivity contribution in [2.45, 2.75) is 0 Å². The summed E-state index contributed by atoms with van der Waals surface area (Å²) in [5.74, 6) is 1.90. The number of fused-ring (bicyclic) bond motifs is 14. The number of rotatable bonds is 5. The minimum Gasteiger partial charge on any atom is -0.0617 e. The third-order valence-electron chi connectivity index (χ3n) is 13.8. The zero-order chi connectivity index (χ0) is 44.5. The van der Waals surface area contributed by atoms with E-state index in [-0.39, 0.29) is 29.0 Å². The van der Waals surface area contributed by atoms with Crippen molar-refractivity contribution in [3.8, 4) is 45.5 Å². The van der Waals surface area contributed by atoms with E-state index in [2.05, 4.69) is 221 Å². The van der Waals surface area contributed by atoms with Crippen LogP contribution in [0.25, 0.3) is 139 Å². The second-order valence-electron chi connectivity index (χ2n) is 17.6. The summed E-state index contributed by atoms with van der Waals surface area (Å²) in [7, 11) is 0. The summed E-state index contributed by atoms with van der Waals surface area (Å²) in [6.07, 6.45) is 0. The van der Waals surface area contributed by atoms with Gasteiger partial charge >= 0.3 is 274 Å². The zero-order valence-electron chi connectivity index (χ0n) is 36.3. The Hall–Kier alpha value is -7.89. The molecular weight excluding hydrogens is 961 g/mol. The maximum atomic E-state index is 5.47. The van der Waals surface area contributed by atoms with Crippen LogP contribution in [0, 0.1) is 0 Å². The molecule has 68 heavy (non-hydrogen) atoms. The molecule has 5 heterocycles. The molecule has 316 valence electrons. The van der Waals surface area contributed by atoms with Gasteiger partial charge in [-0.25, -0.2) is 0 Å². The SMILES string of the molecule is c1ccc(-c2ccc3cc(-n4c5ccccc5c5ccc6c(c7ccccc7n6-c6nc(-c7ccc8[se]c9ccccc9c8c7)nc(-c7ccc8[se]c9ccccc9c8c7)n6)c54)ccc3c2)cc1. The van der Waals surface area contributed by atoms with Gasteiger partial charge in [0.05, 0.1) is 5.52 Å². The van der Waals surface area contributed by atoms with Gasteiger partial charge < -0.3 is 0 Å². The van der Waals surface area contributed by atoms with Crippen molar-refractivity contribution in [3.63, 3.8) is 0 Å². The minimum absolute atomic E-state index is 0.262. The molecule has 10 aromatic carbocycles. The Morgan fingerprint density at radius 3 is 1.54 bits per heavy atom. The van der Waals surface area contributed by atoms with Crippen LogP contribution >= 0.6 is 0 Å². The first-order valence-electron chi connectivity index (χ1n) is 22.8. The smallest absolute Gasteiger partial charge is 0.0176 e. The van der Waals surface area contributed by atoms with Crippen molar-refractivity contribution in [3.05, 3.63) is 212 Å². The van der Waals surface area contributed by atoms with Crippen molar-refractivity contribution >= 4 is 122 Å². The Morgan fingerprint density at radius 2 is 0.853 bits per heavy atom. The molecule has 0 atom stereocenters. The van der Waals surface area contributed by atoms with Gasteiger partial charge in [0, 0.05) is 11.1 Å². The van der Waals surface area contributed by atoms with Crippen LogP contribution in [-0.4, -0.2) is 53.1 Å². The second kappa shape index (κ2) is 14.8. The third kappa shape index (κ3) is 5.78. The molecule has 0 saturated heterocycles. The van der Waals surface area contributed by atoms with Gasteiger partial charge in [0.1, 0.15) is 0 Å². The molecule has 0 radical (unpaired) electrons. The summed E-state index contributed by atoms with van der Waals surface area (Å²) in [6, 6.07) is 77.6. The van der Waals surface area contributed by atoms with Gasteiger partial charge in [-0.05, 0) is 46.2 Å². The molecule has 0 N–H and O–H groups in total. The van der Waals surface area contributed by atoms with Crippen molar-refractivity contribution in [2.75, 3.05) is 0 Å². The monoisotopic (exact) mass is 997 g/mol. The van der Waals surface area contributed by atoms with E-state index in [4.69, 9.17) is 15.0 Å². The molecule has 0 aliphatic heterocycles. The summed E-state index contributed by atoms with van der Waals surface area (Å²) in [5, 5.41) is 12.3. The van der Waals surface area contributed by atoms with E-state index in [0.29, 0.717) is 17.6 Å². The van der Waals surface area contributed by atoms with Gasteiger partial charge in [-0.1, -0.05) is 66.7 Å². The molecule has 5 aromatic heterocycles. The number of benzene rings is 10. The molecule has 0 fully saturated rings. The van der Waals surface area contributed by atoms with E-state index in [1.807, 2.05) is 0 Å². The van der Waals surface area contributed by atoms with Crippen LogP contribution in [0.15, 0.2) is 212 Å². The number of hydrogen-bond acceptors (Lipinski definition) is 3. The second-order valence-corrected chi connectivity index (χ2v) is 22.1. The van der Waals surface area contributed by atoms with Crippen LogP contribution in [0.5, 0.6) is 0 Å². The maximum Gasteiger partial charge on any atom is -0.0176 e. The van der Waals surface area contributed by atoms with Crippen LogP contribution in [0.4, 0.5) is 0 Å². The van der Waals surface area contributed by atoms with E-state index in [1.54, 1.807) is 0 Å². The summed E-state index contributed by atoms with van der Waals surface area (Å²) in [5.41, 5.74) is 9.90. The van der Waals surface area contributed by atoms with Gasteiger partial charge in [-0.15, -0.1) is 0 Å². The van der Waals surface area contributed by atoms with Crippen molar-refractivity contribution in [1.82, 2.24) is 24.1 Å². The number of para-hydroxylation sites is 2. The molecule has 15 rings (SSSR count). The number of hydrogen-bond donors (Lipinski definition) is 0. The van der Waals surface area contributed by atoms with E-state index in [9.17, 15) is 0 Å². The fourth-order valence-electron chi connectivity index (χ4n) is 10.6. The third-order valence-corrected chi connectivity index (χ3v) is 18.6. The zero-order valence-corrected chi connectivity index (χ0v) is 39.7. The Bertz CT molecular complexity index is 4440. The Morgan fingerprint density at radius 1 is 0.309 bits per heavy atom. The van der Waals surface area contributed by atoms with E-state index in [1.165, 1.54) is 71.3 Å². The molecule has 7 heteroatoms. The maximum absolute atomic E-state index is 5.47. The molecule has 0 aliphatic rings. The molecule has 0 saturated carbocycles. The first-order chi connectivity index (χ1) is 33.7.